The van der Waals surface area contributed by atoms with Crippen LogP contribution in [0.5, 0.6) is 11.5 Å². The van der Waals surface area contributed by atoms with E-state index in [1.807, 2.05) is 56.3 Å². The van der Waals surface area contributed by atoms with Crippen LogP contribution >= 0.6 is 0 Å². The van der Waals surface area contributed by atoms with Gasteiger partial charge in [-0.3, -0.25) is 0 Å². The molecule has 1 unspecified atom stereocenters. The molecule has 23 heavy (non-hydrogen) atoms. The predicted octanol–water partition coefficient (Wildman–Crippen LogP) is 4.78. The van der Waals surface area contributed by atoms with Gasteiger partial charge in [-0.1, -0.05) is 29.8 Å². The van der Waals surface area contributed by atoms with E-state index in [4.69, 9.17) is 9.47 Å². The molecule has 0 saturated heterocycles. The average molecular weight is 309 g/mol. The van der Waals surface area contributed by atoms with E-state index in [1.165, 1.54) is 5.56 Å². The summed E-state index contributed by atoms with van der Waals surface area (Å²) in [6.07, 6.45) is 1.57. The second kappa shape index (κ2) is 8.24. The molecule has 0 amide bonds. The van der Waals surface area contributed by atoms with Gasteiger partial charge in [0.25, 0.3) is 0 Å². The smallest absolute Gasteiger partial charge is 0.123 e. The lowest BCUT2D eigenvalue weighted by Crippen LogP contribution is -2.04. The third-order valence-corrected chi connectivity index (χ3v) is 3.81. The quantitative estimate of drug-likeness (QED) is 0.691. The Morgan fingerprint density at radius 3 is 2.57 bits per heavy atom. The molecule has 0 N–H and O–H groups in total. The summed E-state index contributed by atoms with van der Waals surface area (Å²) in [6.45, 7) is 4.68. The number of rotatable bonds is 7. The molecule has 0 fully saturated rings. The second-order valence-electron chi connectivity index (χ2n) is 5.73. The number of ether oxygens (including phenoxy) is 2. The van der Waals surface area contributed by atoms with Gasteiger partial charge in [0.2, 0.25) is 0 Å². The minimum Gasteiger partial charge on any atom is -0.496 e. The monoisotopic (exact) mass is 309 g/mol. The van der Waals surface area contributed by atoms with Crippen molar-refractivity contribution < 1.29 is 9.47 Å². The molecular formula is C20H23NO2. The molecule has 2 aromatic rings. The molecule has 0 bridgehead atoms. The Bertz CT molecular complexity index is 688. The number of hydrogen-bond acceptors (Lipinski definition) is 3. The molecule has 3 nitrogen and oxygen atoms in total. The minimum absolute atomic E-state index is 0.175. The summed E-state index contributed by atoms with van der Waals surface area (Å²) in [4.78, 5) is 0. The Hall–Kier alpha value is -2.47. The fraction of sp³-hybridized carbons (Fsp3) is 0.350. The first-order valence-corrected chi connectivity index (χ1v) is 7.87. The van der Waals surface area contributed by atoms with Crippen LogP contribution in [0, 0.1) is 25.2 Å². The van der Waals surface area contributed by atoms with E-state index in [1.54, 1.807) is 7.11 Å². The Kier molecular flexibility index (Phi) is 6.05. The maximum absolute atomic E-state index is 9.50. The molecule has 0 aliphatic heterocycles. The maximum Gasteiger partial charge on any atom is 0.123 e. The van der Waals surface area contributed by atoms with Gasteiger partial charge in [-0.15, -0.1) is 0 Å². The Labute approximate surface area is 138 Å². The molecule has 120 valence electrons. The third kappa shape index (κ3) is 4.75. The zero-order valence-electron chi connectivity index (χ0n) is 14.0. The van der Waals surface area contributed by atoms with E-state index in [0.717, 1.165) is 35.5 Å². The van der Waals surface area contributed by atoms with Crippen molar-refractivity contribution >= 4 is 0 Å². The van der Waals surface area contributed by atoms with E-state index in [0.29, 0.717) is 6.61 Å². The van der Waals surface area contributed by atoms with Crippen LogP contribution in [-0.2, 0) is 0 Å². The van der Waals surface area contributed by atoms with E-state index < -0.39 is 0 Å². The van der Waals surface area contributed by atoms with Crippen molar-refractivity contribution in [3.63, 3.8) is 0 Å². The highest BCUT2D eigenvalue weighted by Crippen LogP contribution is 2.30. The summed E-state index contributed by atoms with van der Waals surface area (Å²) in [6, 6.07) is 16.4. The SMILES string of the molecule is COc1ccc(C)cc1C(C#N)CCCOc1cccc(C)c1. The van der Waals surface area contributed by atoms with Gasteiger partial charge in [0.1, 0.15) is 11.5 Å². The standard InChI is InChI=1S/C20H23NO2/c1-15-6-4-8-18(12-15)23-11-5-7-17(14-21)19-13-16(2)9-10-20(19)22-3/h4,6,8-10,12-13,17H,5,7,11H2,1-3H3. The van der Waals surface area contributed by atoms with E-state index in [2.05, 4.69) is 6.07 Å². The van der Waals surface area contributed by atoms with Gasteiger partial charge >= 0.3 is 0 Å². The summed E-state index contributed by atoms with van der Waals surface area (Å²) < 4.78 is 11.1. The van der Waals surface area contributed by atoms with Gasteiger partial charge in [-0.25, -0.2) is 0 Å². The normalized spacial score (nSPS) is 11.6. The van der Waals surface area contributed by atoms with Gasteiger partial charge in [-0.05, 0) is 50.5 Å². The number of methoxy groups -OCH3 is 1. The van der Waals surface area contributed by atoms with Crippen LogP contribution in [0.2, 0.25) is 0 Å². The van der Waals surface area contributed by atoms with Crippen LogP contribution in [0.4, 0.5) is 0 Å². The zero-order valence-corrected chi connectivity index (χ0v) is 14.0. The van der Waals surface area contributed by atoms with Gasteiger partial charge in [-0.2, -0.15) is 5.26 Å². The molecule has 0 aliphatic carbocycles. The Morgan fingerprint density at radius 1 is 1.09 bits per heavy atom. The Balaban J connectivity index is 1.93. The highest BCUT2D eigenvalue weighted by atomic mass is 16.5. The number of nitriles is 1. The lowest BCUT2D eigenvalue weighted by atomic mass is 9.93. The number of benzene rings is 2. The first-order valence-electron chi connectivity index (χ1n) is 7.87. The average Bonchev–Trinajstić information content (AvgIpc) is 2.55. The first kappa shape index (κ1) is 16.9. The van der Waals surface area contributed by atoms with Crippen molar-refractivity contribution in [3.8, 4) is 17.6 Å². The maximum atomic E-state index is 9.50. The van der Waals surface area contributed by atoms with E-state index in [9.17, 15) is 5.26 Å². The number of hydrogen-bond donors (Lipinski definition) is 0. The fourth-order valence-corrected chi connectivity index (χ4v) is 2.60. The summed E-state index contributed by atoms with van der Waals surface area (Å²) in [5.41, 5.74) is 3.28. The minimum atomic E-state index is -0.175. The molecule has 3 heteroatoms. The molecule has 0 radical (unpaired) electrons. The van der Waals surface area contributed by atoms with Crippen LogP contribution in [-0.4, -0.2) is 13.7 Å². The topological polar surface area (TPSA) is 42.2 Å². The molecule has 0 saturated carbocycles. The van der Waals surface area contributed by atoms with Crippen molar-refractivity contribution in [2.24, 2.45) is 0 Å². The molecule has 2 rings (SSSR count). The molecule has 0 heterocycles. The molecular weight excluding hydrogens is 286 g/mol. The highest BCUT2D eigenvalue weighted by Gasteiger charge is 2.15. The lowest BCUT2D eigenvalue weighted by Gasteiger charge is -2.15. The summed E-state index contributed by atoms with van der Waals surface area (Å²) in [5, 5.41) is 9.50. The first-order chi connectivity index (χ1) is 11.1. The van der Waals surface area contributed by atoms with E-state index in [-0.39, 0.29) is 5.92 Å². The Morgan fingerprint density at radius 2 is 1.87 bits per heavy atom. The molecule has 0 spiro atoms. The number of aryl methyl sites for hydroxylation is 2. The van der Waals surface area contributed by atoms with Crippen molar-refractivity contribution in [1.29, 1.82) is 5.26 Å². The fourth-order valence-electron chi connectivity index (χ4n) is 2.60. The highest BCUT2D eigenvalue weighted by molar-refractivity contribution is 5.41. The molecule has 2 aromatic carbocycles. The van der Waals surface area contributed by atoms with Crippen LogP contribution in [0.1, 0.15) is 35.4 Å². The van der Waals surface area contributed by atoms with Gasteiger partial charge in [0, 0.05) is 5.56 Å². The van der Waals surface area contributed by atoms with Crippen LogP contribution < -0.4 is 9.47 Å². The van der Waals surface area contributed by atoms with Gasteiger partial charge < -0.3 is 9.47 Å². The molecule has 1 atom stereocenters. The van der Waals surface area contributed by atoms with Gasteiger partial charge in [0.15, 0.2) is 0 Å². The number of nitrogens with zero attached hydrogens (tertiary/aromatic N) is 1. The van der Waals surface area contributed by atoms with Crippen molar-refractivity contribution in [1.82, 2.24) is 0 Å². The summed E-state index contributed by atoms with van der Waals surface area (Å²) in [5.74, 6) is 1.49. The molecule has 0 aromatic heterocycles. The van der Waals surface area contributed by atoms with Crippen LogP contribution in [0.15, 0.2) is 42.5 Å². The predicted molar refractivity (Wildman–Crippen MR) is 92.0 cm³/mol. The van der Waals surface area contributed by atoms with Crippen molar-refractivity contribution in [3.05, 3.63) is 59.2 Å². The summed E-state index contributed by atoms with van der Waals surface area (Å²) >= 11 is 0. The largest absolute Gasteiger partial charge is 0.496 e. The second-order valence-corrected chi connectivity index (χ2v) is 5.73. The summed E-state index contributed by atoms with van der Waals surface area (Å²) in [7, 11) is 1.64. The van der Waals surface area contributed by atoms with Crippen molar-refractivity contribution in [2.45, 2.75) is 32.6 Å². The zero-order chi connectivity index (χ0) is 16.7. The van der Waals surface area contributed by atoms with Crippen molar-refractivity contribution in [2.75, 3.05) is 13.7 Å². The van der Waals surface area contributed by atoms with Crippen LogP contribution in [0.3, 0.4) is 0 Å². The van der Waals surface area contributed by atoms with E-state index >= 15 is 0 Å². The third-order valence-electron chi connectivity index (χ3n) is 3.81. The van der Waals surface area contributed by atoms with Crippen LogP contribution in [0.25, 0.3) is 0 Å². The molecule has 0 aliphatic rings. The van der Waals surface area contributed by atoms with Gasteiger partial charge in [0.05, 0.1) is 25.7 Å². The lowest BCUT2D eigenvalue weighted by molar-refractivity contribution is 0.304.